The van der Waals surface area contributed by atoms with E-state index in [0.717, 1.165) is 16.6 Å². The van der Waals surface area contributed by atoms with Gasteiger partial charge in [0.25, 0.3) is 11.5 Å². The van der Waals surface area contributed by atoms with E-state index in [9.17, 15) is 19.2 Å². The molecule has 0 saturated carbocycles. The maximum absolute atomic E-state index is 12.4. The van der Waals surface area contributed by atoms with Gasteiger partial charge in [0.2, 0.25) is 5.91 Å². The average Bonchev–Trinajstić information content (AvgIpc) is 3.21. The van der Waals surface area contributed by atoms with Crippen LogP contribution in [-0.4, -0.2) is 37.1 Å². The van der Waals surface area contributed by atoms with Crippen molar-refractivity contribution in [2.45, 2.75) is 26.3 Å². The summed E-state index contributed by atoms with van der Waals surface area (Å²) in [7, 11) is 2.90. The molecule has 3 rings (SSSR count). The van der Waals surface area contributed by atoms with Crippen molar-refractivity contribution in [3.05, 3.63) is 57.0 Å². The second kappa shape index (κ2) is 9.28. The molecular weight excluding hydrogens is 404 g/mol. The van der Waals surface area contributed by atoms with Crippen LogP contribution in [0.15, 0.2) is 40.2 Å². The maximum Gasteiger partial charge on any atom is 0.332 e. The minimum atomic E-state index is -0.509. The Labute approximate surface area is 177 Å². The fraction of sp³-hybridized carbons (Fsp3) is 0.350. The Morgan fingerprint density at radius 3 is 2.39 bits per heavy atom. The Morgan fingerprint density at radius 2 is 1.71 bits per heavy atom. The number of ether oxygens (including phenoxy) is 1. The van der Waals surface area contributed by atoms with Crippen LogP contribution in [0.4, 0.5) is 0 Å². The van der Waals surface area contributed by atoms with E-state index in [0.29, 0.717) is 5.75 Å². The van der Waals surface area contributed by atoms with Gasteiger partial charge in [0.1, 0.15) is 5.75 Å². The van der Waals surface area contributed by atoms with E-state index < -0.39 is 23.1 Å². The van der Waals surface area contributed by atoms with Gasteiger partial charge in [-0.15, -0.1) is 0 Å². The lowest BCUT2D eigenvalue weighted by Gasteiger charge is -2.10. The highest BCUT2D eigenvalue weighted by atomic mass is 16.5. The molecule has 0 unspecified atom stereocenters. The van der Waals surface area contributed by atoms with Crippen molar-refractivity contribution in [2.75, 3.05) is 6.61 Å². The first kappa shape index (κ1) is 21.8. The molecule has 0 spiro atoms. The van der Waals surface area contributed by atoms with Crippen LogP contribution in [-0.2, 0) is 36.6 Å². The smallest absolute Gasteiger partial charge is 0.332 e. The minimum absolute atomic E-state index is 0.0168. The molecule has 0 saturated heterocycles. The van der Waals surface area contributed by atoms with Crippen molar-refractivity contribution in [2.24, 2.45) is 14.1 Å². The Kier molecular flexibility index (Phi) is 6.53. The number of benzene rings is 1. The molecule has 164 valence electrons. The van der Waals surface area contributed by atoms with E-state index in [2.05, 4.69) is 15.8 Å². The summed E-state index contributed by atoms with van der Waals surface area (Å²) in [6, 6.07) is 7.39. The number of hydrazine groups is 1. The molecule has 3 aromatic rings. The summed E-state index contributed by atoms with van der Waals surface area (Å²) >= 11 is 0. The Balaban J connectivity index is 1.51. The van der Waals surface area contributed by atoms with Crippen molar-refractivity contribution >= 4 is 23.0 Å². The Hall–Kier alpha value is -3.89. The molecule has 0 aliphatic carbocycles. The molecule has 0 bridgehead atoms. The molecular formula is C20H24N6O5. The number of hydrogen-bond donors (Lipinski definition) is 2. The van der Waals surface area contributed by atoms with E-state index in [-0.39, 0.29) is 30.7 Å². The van der Waals surface area contributed by atoms with Crippen molar-refractivity contribution in [3.8, 4) is 5.75 Å². The van der Waals surface area contributed by atoms with Crippen LogP contribution < -0.4 is 26.8 Å². The van der Waals surface area contributed by atoms with Crippen LogP contribution in [0.2, 0.25) is 0 Å². The van der Waals surface area contributed by atoms with Crippen molar-refractivity contribution < 1.29 is 14.3 Å². The molecule has 0 fully saturated rings. The summed E-state index contributed by atoms with van der Waals surface area (Å²) in [5.74, 6) is -0.407. The van der Waals surface area contributed by atoms with Crippen molar-refractivity contribution in [1.29, 1.82) is 0 Å². The lowest BCUT2D eigenvalue weighted by Crippen LogP contribution is -2.44. The molecule has 0 aliphatic rings. The van der Waals surface area contributed by atoms with E-state index in [4.69, 9.17) is 4.74 Å². The van der Waals surface area contributed by atoms with Gasteiger partial charge in [-0.05, 0) is 24.1 Å². The number of aryl methyl sites for hydroxylation is 3. The third-order valence-corrected chi connectivity index (χ3v) is 4.84. The summed E-state index contributed by atoms with van der Waals surface area (Å²) in [6.07, 6.45) is 2.29. The molecule has 2 amide bonds. The van der Waals surface area contributed by atoms with Crippen LogP contribution in [0.5, 0.6) is 5.75 Å². The van der Waals surface area contributed by atoms with Crippen molar-refractivity contribution in [3.63, 3.8) is 0 Å². The van der Waals surface area contributed by atoms with Gasteiger partial charge in [-0.2, -0.15) is 0 Å². The third-order valence-electron chi connectivity index (χ3n) is 4.84. The standard InChI is InChI=1S/C20H24N6O5/c1-4-13-5-7-14(8-6-13)31-11-16(28)23-22-15(27)9-10-26-12-21-18-17(26)19(29)25(3)20(30)24(18)2/h5-8,12H,4,9-11H2,1-3H3,(H,22,27)(H,23,28). The van der Waals surface area contributed by atoms with Gasteiger partial charge in [-0.25, -0.2) is 9.78 Å². The zero-order valence-corrected chi connectivity index (χ0v) is 17.5. The zero-order valence-electron chi connectivity index (χ0n) is 17.5. The molecule has 0 aliphatic heterocycles. The summed E-state index contributed by atoms with van der Waals surface area (Å²) in [5, 5.41) is 0. The number of fused-ring (bicyclic) bond motifs is 1. The summed E-state index contributed by atoms with van der Waals surface area (Å²) in [5.41, 5.74) is 5.24. The lowest BCUT2D eigenvalue weighted by molar-refractivity contribution is -0.130. The number of nitrogens with zero attached hydrogens (tertiary/aromatic N) is 4. The van der Waals surface area contributed by atoms with Gasteiger partial charge in [-0.3, -0.25) is 34.4 Å². The minimum Gasteiger partial charge on any atom is -0.484 e. The normalized spacial score (nSPS) is 10.8. The fourth-order valence-electron chi connectivity index (χ4n) is 3.00. The maximum atomic E-state index is 12.4. The number of nitrogens with one attached hydrogen (secondary N) is 2. The Bertz CT molecular complexity index is 1220. The molecule has 0 atom stereocenters. The highest BCUT2D eigenvalue weighted by Crippen LogP contribution is 2.12. The van der Waals surface area contributed by atoms with Gasteiger partial charge in [0.15, 0.2) is 17.8 Å². The number of imidazole rings is 1. The predicted octanol–water partition coefficient (Wildman–Crippen LogP) is -0.387. The SMILES string of the molecule is CCc1ccc(OCC(=O)NNC(=O)CCn2cnc3c2c(=O)n(C)c(=O)n3C)cc1. The van der Waals surface area contributed by atoms with Gasteiger partial charge in [-0.1, -0.05) is 19.1 Å². The van der Waals surface area contributed by atoms with E-state index in [1.807, 2.05) is 19.1 Å². The van der Waals surface area contributed by atoms with Gasteiger partial charge < -0.3 is 9.30 Å². The molecule has 2 N–H and O–H groups in total. The molecule has 31 heavy (non-hydrogen) atoms. The van der Waals surface area contributed by atoms with Crippen LogP contribution in [0.25, 0.3) is 11.2 Å². The van der Waals surface area contributed by atoms with Crippen LogP contribution in [0.3, 0.4) is 0 Å². The number of carbonyl (C=O) groups is 2. The number of rotatable bonds is 7. The monoisotopic (exact) mass is 428 g/mol. The van der Waals surface area contributed by atoms with Crippen molar-refractivity contribution in [1.82, 2.24) is 29.5 Å². The molecule has 11 nitrogen and oxygen atoms in total. The second-order valence-electron chi connectivity index (χ2n) is 6.95. The number of amides is 2. The summed E-state index contributed by atoms with van der Waals surface area (Å²) in [4.78, 5) is 52.4. The third kappa shape index (κ3) is 4.82. The molecule has 2 aromatic heterocycles. The first-order valence-corrected chi connectivity index (χ1v) is 9.72. The van der Waals surface area contributed by atoms with Crippen LogP contribution >= 0.6 is 0 Å². The highest BCUT2D eigenvalue weighted by Gasteiger charge is 2.15. The van der Waals surface area contributed by atoms with Gasteiger partial charge in [0, 0.05) is 27.1 Å². The molecule has 11 heteroatoms. The lowest BCUT2D eigenvalue weighted by atomic mass is 10.2. The summed E-state index contributed by atoms with van der Waals surface area (Å²) in [6.45, 7) is 1.94. The van der Waals surface area contributed by atoms with E-state index in [1.54, 1.807) is 12.1 Å². The number of aromatic nitrogens is 4. The molecule has 2 heterocycles. The van der Waals surface area contributed by atoms with Gasteiger partial charge in [0.05, 0.1) is 6.33 Å². The quantitative estimate of drug-likeness (QED) is 0.493. The largest absolute Gasteiger partial charge is 0.484 e. The zero-order chi connectivity index (χ0) is 22.5. The topological polar surface area (TPSA) is 129 Å². The fourth-order valence-corrected chi connectivity index (χ4v) is 3.00. The predicted molar refractivity (Wildman–Crippen MR) is 112 cm³/mol. The van der Waals surface area contributed by atoms with E-state index in [1.165, 1.54) is 29.6 Å². The average molecular weight is 428 g/mol. The van der Waals surface area contributed by atoms with Gasteiger partial charge >= 0.3 is 5.69 Å². The number of carbonyl (C=O) groups excluding carboxylic acids is 2. The van der Waals surface area contributed by atoms with E-state index >= 15 is 0 Å². The first-order chi connectivity index (χ1) is 14.8. The summed E-state index contributed by atoms with van der Waals surface area (Å²) < 4.78 is 9.12. The Morgan fingerprint density at radius 1 is 1.03 bits per heavy atom. The van der Waals surface area contributed by atoms with Crippen LogP contribution in [0, 0.1) is 0 Å². The second-order valence-corrected chi connectivity index (χ2v) is 6.95. The number of hydrogen-bond acceptors (Lipinski definition) is 6. The molecule has 0 radical (unpaired) electrons. The highest BCUT2D eigenvalue weighted by molar-refractivity contribution is 5.82. The van der Waals surface area contributed by atoms with Crippen LogP contribution in [0.1, 0.15) is 18.9 Å². The molecule has 1 aromatic carbocycles. The first-order valence-electron chi connectivity index (χ1n) is 9.72.